The first-order chi connectivity index (χ1) is 13.6. The third-order valence-corrected chi connectivity index (χ3v) is 5.05. The van der Waals surface area contributed by atoms with Gasteiger partial charge in [-0.2, -0.15) is 0 Å². The Morgan fingerprint density at radius 3 is 2.54 bits per heavy atom. The zero-order valence-corrected chi connectivity index (χ0v) is 17.2. The minimum Gasteiger partial charge on any atom is -0.484 e. The quantitative estimate of drug-likeness (QED) is 0.319. The predicted molar refractivity (Wildman–Crippen MR) is 114 cm³/mol. The Morgan fingerprint density at radius 1 is 1.21 bits per heavy atom. The summed E-state index contributed by atoms with van der Waals surface area (Å²) in [5.74, 6) is 1.90. The maximum Gasteiger partial charge on any atom is 0.255 e. The van der Waals surface area contributed by atoms with Gasteiger partial charge in [-0.1, -0.05) is 19.1 Å². The molecule has 7 heteroatoms. The first-order valence-corrected chi connectivity index (χ1v) is 10.2. The minimum absolute atomic E-state index is 0.0974. The summed E-state index contributed by atoms with van der Waals surface area (Å²) in [6.45, 7) is 7.60. The van der Waals surface area contributed by atoms with Gasteiger partial charge in [0.05, 0.1) is 0 Å². The number of hydrogen-bond acceptors (Lipinski definition) is 4. The number of ether oxygens (including phenoxy) is 1. The van der Waals surface area contributed by atoms with Crippen LogP contribution in [0.4, 0.5) is 0 Å². The highest BCUT2D eigenvalue weighted by Crippen LogP contribution is 2.15. The maximum atomic E-state index is 10.7. The van der Waals surface area contributed by atoms with Crippen LogP contribution in [0.15, 0.2) is 29.3 Å². The number of piperidine rings is 1. The summed E-state index contributed by atoms with van der Waals surface area (Å²) in [5, 5.41) is 6.74. The number of guanidine groups is 1. The molecule has 1 saturated heterocycles. The van der Waals surface area contributed by atoms with Crippen LogP contribution in [0.2, 0.25) is 0 Å². The van der Waals surface area contributed by atoms with Crippen molar-refractivity contribution in [2.45, 2.75) is 32.6 Å². The lowest BCUT2D eigenvalue weighted by Gasteiger charge is -2.30. The van der Waals surface area contributed by atoms with Crippen LogP contribution in [-0.2, 0) is 11.2 Å². The molecule has 1 heterocycles. The number of nitrogens with zero attached hydrogens (tertiary/aromatic N) is 2. The summed E-state index contributed by atoms with van der Waals surface area (Å²) in [6, 6.07) is 7.70. The number of amides is 1. The molecule has 0 aliphatic carbocycles. The minimum atomic E-state index is -0.474. The first-order valence-electron chi connectivity index (χ1n) is 10.2. The van der Waals surface area contributed by atoms with Crippen LogP contribution in [0.1, 0.15) is 31.7 Å². The molecule has 0 unspecified atom stereocenters. The highest BCUT2D eigenvalue weighted by atomic mass is 16.5. The number of primary amides is 1. The van der Waals surface area contributed by atoms with Gasteiger partial charge in [-0.25, -0.2) is 0 Å². The highest BCUT2D eigenvalue weighted by molar-refractivity contribution is 5.79. The number of nitrogens with one attached hydrogen (secondary N) is 2. The van der Waals surface area contributed by atoms with Crippen molar-refractivity contribution < 1.29 is 9.53 Å². The molecule has 0 atom stereocenters. The molecule has 0 spiro atoms. The van der Waals surface area contributed by atoms with E-state index in [1.165, 1.54) is 31.5 Å². The normalized spacial score (nSPS) is 16.0. The van der Waals surface area contributed by atoms with Crippen molar-refractivity contribution in [3.63, 3.8) is 0 Å². The molecule has 2 rings (SSSR count). The van der Waals surface area contributed by atoms with Crippen LogP contribution in [0, 0.1) is 5.92 Å². The van der Waals surface area contributed by atoms with Gasteiger partial charge >= 0.3 is 0 Å². The number of hydrogen-bond donors (Lipinski definition) is 3. The van der Waals surface area contributed by atoms with E-state index < -0.39 is 5.91 Å². The van der Waals surface area contributed by atoms with Gasteiger partial charge in [0.2, 0.25) is 0 Å². The Kier molecular flexibility index (Phi) is 9.62. The van der Waals surface area contributed by atoms with Crippen molar-refractivity contribution in [2.24, 2.45) is 16.6 Å². The van der Waals surface area contributed by atoms with E-state index in [2.05, 4.69) is 27.4 Å². The van der Waals surface area contributed by atoms with E-state index in [9.17, 15) is 4.79 Å². The Labute approximate surface area is 168 Å². The molecule has 1 aliphatic heterocycles. The molecule has 1 amide bonds. The van der Waals surface area contributed by atoms with Crippen LogP contribution in [-0.4, -0.2) is 63.1 Å². The molecule has 1 aromatic rings. The van der Waals surface area contributed by atoms with Gasteiger partial charge in [0.25, 0.3) is 5.91 Å². The van der Waals surface area contributed by atoms with Gasteiger partial charge in [-0.3, -0.25) is 9.79 Å². The Balaban J connectivity index is 1.58. The Hall–Kier alpha value is -2.28. The maximum absolute atomic E-state index is 10.7. The molecule has 0 radical (unpaired) electrons. The number of carbonyl (C=O) groups excluding carboxylic acids is 1. The van der Waals surface area contributed by atoms with E-state index in [0.717, 1.165) is 44.4 Å². The van der Waals surface area contributed by atoms with Crippen molar-refractivity contribution in [3.05, 3.63) is 29.8 Å². The number of nitrogens with two attached hydrogens (primary N) is 1. The molecule has 156 valence electrons. The van der Waals surface area contributed by atoms with E-state index in [4.69, 9.17) is 10.5 Å². The van der Waals surface area contributed by atoms with E-state index in [-0.39, 0.29) is 6.61 Å². The van der Waals surface area contributed by atoms with E-state index >= 15 is 0 Å². The van der Waals surface area contributed by atoms with E-state index in [0.29, 0.717) is 5.75 Å². The van der Waals surface area contributed by atoms with Gasteiger partial charge in [0, 0.05) is 20.1 Å². The molecule has 1 aromatic carbocycles. The largest absolute Gasteiger partial charge is 0.484 e. The fraction of sp³-hybridized carbons (Fsp3) is 0.619. The smallest absolute Gasteiger partial charge is 0.255 e. The average Bonchev–Trinajstić information content (AvgIpc) is 2.70. The van der Waals surface area contributed by atoms with Gasteiger partial charge in [0.1, 0.15) is 5.75 Å². The Morgan fingerprint density at radius 2 is 1.89 bits per heavy atom. The zero-order chi connectivity index (χ0) is 20.2. The molecule has 1 fully saturated rings. The van der Waals surface area contributed by atoms with Gasteiger partial charge in [-0.05, 0) is 68.9 Å². The third kappa shape index (κ3) is 8.61. The van der Waals surface area contributed by atoms with Crippen LogP contribution >= 0.6 is 0 Å². The predicted octanol–water partition coefficient (Wildman–Crippen LogP) is 1.38. The summed E-state index contributed by atoms with van der Waals surface area (Å²) >= 11 is 0. The van der Waals surface area contributed by atoms with Crippen molar-refractivity contribution in [2.75, 3.05) is 46.4 Å². The third-order valence-electron chi connectivity index (χ3n) is 5.05. The molecule has 4 N–H and O–H groups in total. The second-order valence-electron chi connectivity index (χ2n) is 7.45. The van der Waals surface area contributed by atoms with Crippen molar-refractivity contribution in [1.29, 1.82) is 0 Å². The van der Waals surface area contributed by atoms with Crippen LogP contribution < -0.4 is 21.1 Å². The lowest BCUT2D eigenvalue weighted by molar-refractivity contribution is -0.119. The fourth-order valence-electron chi connectivity index (χ4n) is 3.25. The molecule has 1 aliphatic rings. The summed E-state index contributed by atoms with van der Waals surface area (Å²) < 4.78 is 5.26. The number of aliphatic imine (C=N–C) groups is 1. The van der Waals surface area contributed by atoms with Crippen LogP contribution in [0.5, 0.6) is 5.75 Å². The van der Waals surface area contributed by atoms with Crippen molar-refractivity contribution in [1.82, 2.24) is 15.5 Å². The molecular weight excluding hydrogens is 354 g/mol. The summed E-state index contributed by atoms with van der Waals surface area (Å²) in [6.07, 6.45) is 4.66. The number of likely N-dealkylation sites (tertiary alicyclic amines) is 1. The highest BCUT2D eigenvalue weighted by Gasteiger charge is 2.14. The molecule has 0 aromatic heterocycles. The van der Waals surface area contributed by atoms with E-state index in [1.54, 1.807) is 7.05 Å². The molecular formula is C21H35N5O2. The number of carbonyl (C=O) groups is 1. The standard InChI is InChI=1S/C21H35N5O2/c1-17-9-14-26(15-10-17)13-3-11-24-21(23-2)25-12-8-18-4-6-19(7-5-18)28-16-20(22)27/h4-7,17H,3,8-16H2,1-2H3,(H2,22,27)(H2,23,24,25). The number of benzene rings is 1. The Bertz CT molecular complexity index is 610. The lowest BCUT2D eigenvalue weighted by Crippen LogP contribution is -2.40. The average molecular weight is 390 g/mol. The second-order valence-corrected chi connectivity index (χ2v) is 7.45. The van der Waals surface area contributed by atoms with Crippen LogP contribution in [0.3, 0.4) is 0 Å². The SMILES string of the molecule is CN=C(NCCCN1CCC(C)CC1)NCCc1ccc(OCC(N)=O)cc1. The first kappa shape index (κ1) is 22.0. The summed E-state index contributed by atoms with van der Waals surface area (Å²) in [7, 11) is 1.80. The van der Waals surface area contributed by atoms with E-state index in [1.807, 2.05) is 24.3 Å². The lowest BCUT2D eigenvalue weighted by atomic mass is 9.99. The monoisotopic (exact) mass is 389 g/mol. The molecule has 0 saturated carbocycles. The molecule has 7 nitrogen and oxygen atoms in total. The zero-order valence-electron chi connectivity index (χ0n) is 17.2. The van der Waals surface area contributed by atoms with Crippen molar-refractivity contribution in [3.8, 4) is 5.75 Å². The summed E-state index contributed by atoms with van der Waals surface area (Å²) in [4.78, 5) is 17.6. The van der Waals surface area contributed by atoms with Crippen molar-refractivity contribution >= 4 is 11.9 Å². The topological polar surface area (TPSA) is 92.0 Å². The number of rotatable bonds is 10. The molecule has 0 bridgehead atoms. The molecule has 28 heavy (non-hydrogen) atoms. The van der Waals surface area contributed by atoms with Gasteiger partial charge in [-0.15, -0.1) is 0 Å². The van der Waals surface area contributed by atoms with Crippen LogP contribution in [0.25, 0.3) is 0 Å². The van der Waals surface area contributed by atoms with Gasteiger partial charge in [0.15, 0.2) is 12.6 Å². The fourth-order valence-corrected chi connectivity index (χ4v) is 3.25. The second kappa shape index (κ2) is 12.2. The summed E-state index contributed by atoms with van der Waals surface area (Å²) in [5.41, 5.74) is 6.26. The van der Waals surface area contributed by atoms with Gasteiger partial charge < -0.3 is 26.0 Å².